The number of benzene rings is 1. The fraction of sp³-hybridized carbons (Fsp3) is 0.500. The molecule has 1 aliphatic rings. The Hall–Kier alpha value is -1.56. The zero-order valence-corrected chi connectivity index (χ0v) is 13.0. The van der Waals surface area contributed by atoms with Gasteiger partial charge in [0.25, 0.3) is 0 Å². The Bertz CT molecular complexity index is 644. The van der Waals surface area contributed by atoms with E-state index < -0.39 is 21.5 Å². The molecule has 6 heteroatoms. The molecule has 0 spiro atoms. The van der Waals surface area contributed by atoms with Crippen molar-refractivity contribution in [3.05, 3.63) is 23.8 Å². The highest BCUT2D eigenvalue weighted by Gasteiger charge is 2.29. The minimum atomic E-state index is -3.23. The number of anilines is 1. The number of fused-ring (bicyclic) bond motifs is 1. The van der Waals surface area contributed by atoms with Crippen LogP contribution in [0.15, 0.2) is 23.1 Å². The molecule has 1 aromatic rings. The molecule has 1 heterocycles. The first kappa shape index (κ1) is 14.8. The van der Waals surface area contributed by atoms with Gasteiger partial charge in [-0.05, 0) is 51.0 Å². The number of amides is 1. The van der Waals surface area contributed by atoms with Crippen molar-refractivity contribution in [2.24, 2.45) is 0 Å². The third kappa shape index (κ3) is 3.12. The second kappa shape index (κ2) is 4.77. The van der Waals surface area contributed by atoms with Gasteiger partial charge in [0.2, 0.25) is 0 Å². The van der Waals surface area contributed by atoms with Gasteiger partial charge in [-0.25, -0.2) is 13.2 Å². The summed E-state index contributed by atoms with van der Waals surface area (Å²) in [7, 11) is -3.23. The summed E-state index contributed by atoms with van der Waals surface area (Å²) in [5.41, 5.74) is 1.04. The Kier molecular flexibility index (Phi) is 3.54. The van der Waals surface area contributed by atoms with Crippen molar-refractivity contribution >= 4 is 21.6 Å². The molecule has 0 atom stereocenters. The molecule has 0 aliphatic carbocycles. The van der Waals surface area contributed by atoms with Gasteiger partial charge in [0, 0.05) is 12.8 Å². The molecular weight excluding hydrogens is 278 g/mol. The van der Waals surface area contributed by atoms with Crippen LogP contribution in [-0.4, -0.2) is 32.9 Å². The van der Waals surface area contributed by atoms with Crippen LogP contribution in [0.2, 0.25) is 0 Å². The van der Waals surface area contributed by atoms with Crippen molar-refractivity contribution in [2.75, 3.05) is 17.7 Å². The number of rotatable bonds is 1. The summed E-state index contributed by atoms with van der Waals surface area (Å²) in [5, 5.41) is 0. The van der Waals surface area contributed by atoms with E-state index in [-0.39, 0.29) is 4.90 Å². The van der Waals surface area contributed by atoms with E-state index in [1.54, 1.807) is 17.0 Å². The van der Waals surface area contributed by atoms with Crippen LogP contribution in [0.5, 0.6) is 0 Å². The topological polar surface area (TPSA) is 63.7 Å². The zero-order chi connectivity index (χ0) is 15.1. The quantitative estimate of drug-likeness (QED) is 0.798. The van der Waals surface area contributed by atoms with Crippen molar-refractivity contribution in [3.63, 3.8) is 0 Å². The van der Waals surface area contributed by atoms with E-state index in [4.69, 9.17) is 4.74 Å². The molecule has 1 aliphatic heterocycles. The van der Waals surface area contributed by atoms with E-state index in [9.17, 15) is 13.2 Å². The first-order valence-corrected chi connectivity index (χ1v) is 8.30. The number of carbonyl (C=O) groups is 1. The molecule has 2 rings (SSSR count). The Morgan fingerprint density at radius 3 is 2.50 bits per heavy atom. The van der Waals surface area contributed by atoms with Gasteiger partial charge < -0.3 is 4.74 Å². The maximum Gasteiger partial charge on any atom is 0.414 e. The summed E-state index contributed by atoms with van der Waals surface area (Å²) in [5.74, 6) is 0. The number of hydrogen-bond donors (Lipinski definition) is 0. The average Bonchev–Trinajstić information content (AvgIpc) is 2.67. The van der Waals surface area contributed by atoms with Crippen molar-refractivity contribution in [2.45, 2.75) is 37.7 Å². The van der Waals surface area contributed by atoms with E-state index in [1.165, 1.54) is 12.3 Å². The van der Waals surface area contributed by atoms with Gasteiger partial charge in [0.1, 0.15) is 5.60 Å². The highest BCUT2D eigenvalue weighted by atomic mass is 32.2. The van der Waals surface area contributed by atoms with E-state index in [0.717, 1.165) is 11.3 Å². The Labute approximate surface area is 119 Å². The Morgan fingerprint density at radius 1 is 1.30 bits per heavy atom. The summed E-state index contributed by atoms with van der Waals surface area (Å²) in [4.78, 5) is 13.9. The molecule has 0 fully saturated rings. The molecule has 0 N–H and O–H groups in total. The highest BCUT2D eigenvalue weighted by Crippen LogP contribution is 2.31. The SMILES string of the molecule is CC(C)(C)OC(=O)N1CCc2cc(S(C)(=O)=O)ccc21. The van der Waals surface area contributed by atoms with Crippen molar-refractivity contribution < 1.29 is 17.9 Å². The normalized spacial score (nSPS) is 15.1. The fourth-order valence-electron chi connectivity index (χ4n) is 2.12. The van der Waals surface area contributed by atoms with Crippen LogP contribution in [-0.2, 0) is 21.0 Å². The molecule has 0 saturated carbocycles. The molecule has 1 aromatic carbocycles. The van der Waals surface area contributed by atoms with E-state index in [0.29, 0.717) is 13.0 Å². The molecule has 20 heavy (non-hydrogen) atoms. The van der Waals surface area contributed by atoms with Crippen LogP contribution in [0.1, 0.15) is 26.3 Å². The number of ether oxygens (including phenoxy) is 1. The van der Waals surface area contributed by atoms with Gasteiger partial charge in [-0.3, -0.25) is 4.90 Å². The molecule has 5 nitrogen and oxygen atoms in total. The number of carbonyl (C=O) groups excluding carboxylic acids is 1. The molecule has 0 radical (unpaired) electrons. The largest absolute Gasteiger partial charge is 0.443 e. The minimum absolute atomic E-state index is 0.280. The van der Waals surface area contributed by atoms with E-state index in [2.05, 4.69) is 0 Å². The molecule has 0 unspecified atom stereocenters. The zero-order valence-electron chi connectivity index (χ0n) is 12.1. The summed E-state index contributed by atoms with van der Waals surface area (Å²) >= 11 is 0. The van der Waals surface area contributed by atoms with E-state index >= 15 is 0 Å². The van der Waals surface area contributed by atoms with Crippen LogP contribution >= 0.6 is 0 Å². The molecule has 0 aromatic heterocycles. The van der Waals surface area contributed by atoms with Crippen LogP contribution in [0.25, 0.3) is 0 Å². The van der Waals surface area contributed by atoms with Crippen LogP contribution in [0, 0.1) is 0 Å². The Morgan fingerprint density at radius 2 is 1.95 bits per heavy atom. The predicted molar refractivity (Wildman–Crippen MR) is 76.8 cm³/mol. The number of sulfone groups is 1. The summed E-state index contributed by atoms with van der Waals surface area (Å²) in [6.07, 6.45) is 1.41. The van der Waals surface area contributed by atoms with Gasteiger partial charge in [0.05, 0.1) is 10.6 Å². The lowest BCUT2D eigenvalue weighted by Crippen LogP contribution is -2.35. The molecule has 0 bridgehead atoms. The first-order valence-electron chi connectivity index (χ1n) is 6.41. The van der Waals surface area contributed by atoms with Crippen molar-refractivity contribution in [3.8, 4) is 0 Å². The van der Waals surface area contributed by atoms with Gasteiger partial charge in [-0.1, -0.05) is 0 Å². The predicted octanol–water partition coefficient (Wildman–Crippen LogP) is 2.39. The van der Waals surface area contributed by atoms with Gasteiger partial charge in [-0.2, -0.15) is 0 Å². The first-order chi connectivity index (χ1) is 9.08. The fourth-order valence-corrected chi connectivity index (χ4v) is 2.79. The van der Waals surface area contributed by atoms with Crippen LogP contribution in [0.4, 0.5) is 10.5 Å². The third-order valence-corrected chi connectivity index (χ3v) is 4.10. The second-order valence-electron chi connectivity index (χ2n) is 5.94. The van der Waals surface area contributed by atoms with E-state index in [1.807, 2.05) is 20.8 Å². The lowest BCUT2D eigenvalue weighted by Gasteiger charge is -2.24. The van der Waals surface area contributed by atoms with Gasteiger partial charge in [0.15, 0.2) is 9.84 Å². The smallest absolute Gasteiger partial charge is 0.414 e. The molecule has 110 valence electrons. The lowest BCUT2D eigenvalue weighted by atomic mass is 10.2. The van der Waals surface area contributed by atoms with Gasteiger partial charge in [-0.15, -0.1) is 0 Å². The second-order valence-corrected chi connectivity index (χ2v) is 7.96. The average molecular weight is 297 g/mol. The Balaban J connectivity index is 2.29. The monoisotopic (exact) mass is 297 g/mol. The van der Waals surface area contributed by atoms with Crippen LogP contribution in [0.3, 0.4) is 0 Å². The van der Waals surface area contributed by atoms with Crippen molar-refractivity contribution in [1.29, 1.82) is 0 Å². The molecule has 1 amide bonds. The maximum absolute atomic E-state index is 12.1. The highest BCUT2D eigenvalue weighted by molar-refractivity contribution is 7.90. The number of hydrogen-bond acceptors (Lipinski definition) is 4. The van der Waals surface area contributed by atoms with Gasteiger partial charge >= 0.3 is 6.09 Å². The van der Waals surface area contributed by atoms with Crippen molar-refractivity contribution in [1.82, 2.24) is 0 Å². The lowest BCUT2D eigenvalue weighted by molar-refractivity contribution is 0.0584. The standard InChI is InChI=1S/C14H19NO4S/c1-14(2,3)19-13(16)15-8-7-10-9-11(20(4,17)18)5-6-12(10)15/h5-6,9H,7-8H2,1-4H3. The summed E-state index contributed by atoms with van der Waals surface area (Å²) < 4.78 is 28.4. The third-order valence-electron chi connectivity index (χ3n) is 2.99. The number of nitrogens with zero attached hydrogens (tertiary/aromatic N) is 1. The summed E-state index contributed by atoms with van der Waals surface area (Å²) in [6, 6.07) is 4.83. The molecular formula is C14H19NO4S. The minimum Gasteiger partial charge on any atom is -0.443 e. The summed E-state index contributed by atoms with van der Waals surface area (Å²) in [6.45, 7) is 5.95. The van der Waals surface area contributed by atoms with Crippen LogP contribution < -0.4 is 4.90 Å². The molecule has 0 saturated heterocycles. The maximum atomic E-state index is 12.1.